The average molecular weight is 413 g/mol. The van der Waals surface area contributed by atoms with Gasteiger partial charge in [0.25, 0.3) is 5.08 Å². The van der Waals surface area contributed by atoms with Crippen LogP contribution in [0.15, 0.2) is 18.7 Å². The van der Waals surface area contributed by atoms with Crippen LogP contribution < -0.4 is 0 Å². The van der Waals surface area contributed by atoms with Crippen LogP contribution in [0.5, 0.6) is 0 Å². The Morgan fingerprint density at radius 1 is 1.10 bits per heavy atom. The van der Waals surface area contributed by atoms with Crippen LogP contribution in [-0.2, 0) is 35.8 Å². The second-order valence-electron chi connectivity index (χ2n) is 4.12. The van der Waals surface area contributed by atoms with Gasteiger partial charge in [-0.05, 0) is 19.3 Å². The number of nitrogens with zero attached hydrogens (tertiary/aromatic N) is 2. The van der Waals surface area contributed by atoms with Crippen molar-refractivity contribution in [2.75, 3.05) is 0 Å². The van der Waals surface area contributed by atoms with E-state index in [4.69, 9.17) is 19.6 Å². The second kappa shape index (κ2) is 7.40. The van der Waals surface area contributed by atoms with Crippen LogP contribution in [0, 0.1) is 0 Å². The van der Waals surface area contributed by atoms with E-state index >= 15 is 0 Å². The summed E-state index contributed by atoms with van der Waals surface area (Å²) >= 11 is 0. The number of unbranched alkanes of at least 4 members (excludes halogenated alkanes) is 1. The Bertz CT molecular complexity index is 475. The molecule has 0 aromatic carbocycles. The Kier molecular flexibility index (Phi) is 7.45. The minimum absolute atomic E-state index is 0. The van der Waals surface area contributed by atoms with Gasteiger partial charge in [-0.3, -0.25) is 9.13 Å². The van der Waals surface area contributed by atoms with Crippen LogP contribution in [0.2, 0.25) is 0 Å². The topological polar surface area (TPSA) is 153 Å². The second-order valence-corrected chi connectivity index (χ2v) is 8.13. The first-order chi connectivity index (χ1) is 8.58. The molecule has 0 bridgehead atoms. The van der Waals surface area contributed by atoms with Crippen molar-refractivity contribution in [3.8, 4) is 0 Å². The van der Waals surface area contributed by atoms with E-state index in [9.17, 15) is 14.2 Å². The van der Waals surface area contributed by atoms with Crippen LogP contribution in [0.3, 0.4) is 0 Å². The van der Waals surface area contributed by atoms with E-state index in [1.807, 2.05) is 0 Å². The summed E-state index contributed by atoms with van der Waals surface area (Å²) in [6, 6.07) is 0. The summed E-state index contributed by atoms with van der Waals surface area (Å²) in [6.07, 6.45) is 4.53. The van der Waals surface area contributed by atoms with Gasteiger partial charge in [0.2, 0.25) is 0 Å². The summed E-state index contributed by atoms with van der Waals surface area (Å²) in [5, 5.41) is 6.29. The first-order valence-corrected chi connectivity index (χ1v) is 8.60. The maximum Gasteiger partial charge on any atom is 0.369 e. The molecule has 20 heavy (non-hydrogen) atoms. The largest absolute Gasteiger partial charge is 0.369 e. The average Bonchev–Trinajstić information content (AvgIpc) is 2.73. The van der Waals surface area contributed by atoms with Gasteiger partial charge in [-0.2, -0.15) is 0 Å². The van der Waals surface area contributed by atoms with Gasteiger partial charge in [0.05, 0.1) is 6.33 Å². The van der Waals surface area contributed by atoms with Crippen LogP contribution >= 0.6 is 15.2 Å². The number of rotatable bonds is 7. The van der Waals surface area contributed by atoms with E-state index in [0.29, 0.717) is 13.0 Å². The normalized spacial score (nSPS) is 13.1. The molecule has 0 amide bonds. The summed E-state index contributed by atoms with van der Waals surface area (Å²) in [6.45, 7) is 0.471. The van der Waals surface area contributed by atoms with Crippen molar-refractivity contribution in [1.29, 1.82) is 0 Å². The van der Waals surface area contributed by atoms with Gasteiger partial charge >= 0.3 is 15.2 Å². The van der Waals surface area contributed by atoms with E-state index in [2.05, 4.69) is 4.98 Å². The fourth-order valence-corrected chi connectivity index (χ4v) is 3.79. The Hall–Kier alpha value is 0.119. The van der Waals surface area contributed by atoms with E-state index in [-0.39, 0.29) is 26.5 Å². The van der Waals surface area contributed by atoms with Crippen molar-refractivity contribution >= 4 is 15.2 Å². The van der Waals surface area contributed by atoms with Gasteiger partial charge in [0.15, 0.2) is 0 Å². The first kappa shape index (κ1) is 20.1. The van der Waals surface area contributed by atoms with Crippen LogP contribution in [-0.4, -0.2) is 39.3 Å². The molecule has 0 aliphatic rings. The molecular weight excluding hydrogens is 397 g/mol. The van der Waals surface area contributed by atoms with Gasteiger partial charge in [0, 0.05) is 39.0 Å². The first-order valence-electron chi connectivity index (χ1n) is 5.37. The third-order valence-electron chi connectivity index (χ3n) is 2.67. The van der Waals surface area contributed by atoms with Crippen LogP contribution in [0.4, 0.5) is 0 Å². The Balaban J connectivity index is 0.00000361. The maximum absolute atomic E-state index is 11.1. The van der Waals surface area contributed by atoms with Crippen molar-refractivity contribution in [3.05, 3.63) is 18.7 Å². The van der Waals surface area contributed by atoms with E-state index in [1.54, 1.807) is 17.0 Å². The molecule has 0 aliphatic carbocycles. The quantitative estimate of drug-likeness (QED) is 0.311. The SMILES string of the molecule is O=P(O)(O)C(O)(CCCCn1ccnc1)P(=O)(O)O.[99Tc]. The predicted molar refractivity (Wildman–Crippen MR) is 65.1 cm³/mol. The zero-order chi connectivity index (χ0) is 14.7. The van der Waals surface area contributed by atoms with Crippen molar-refractivity contribution in [2.24, 2.45) is 0 Å². The van der Waals surface area contributed by atoms with Gasteiger partial charge in [-0.1, -0.05) is 0 Å². The monoisotopic (exact) mass is 413 g/mol. The fraction of sp³-hybridized carbons (Fsp3) is 0.625. The standard InChI is InChI=1S/C8H16N2O7P2.Tc/c11-8(18(12,13)14,19(15,16)17)3-1-2-5-10-6-4-9-7-10;/h4,6-7,11H,1-3,5H2,(H2,12,13,14)(H2,15,16,17);/i;1+1. The molecule has 1 rings (SSSR count). The summed E-state index contributed by atoms with van der Waals surface area (Å²) in [4.78, 5) is 39.4. The number of aryl methyl sites for hydroxylation is 1. The van der Waals surface area contributed by atoms with Gasteiger partial charge in [-0.25, -0.2) is 4.98 Å². The Morgan fingerprint density at radius 2 is 1.65 bits per heavy atom. The molecule has 1 aromatic heterocycles. The summed E-state index contributed by atoms with van der Waals surface area (Å²) in [5.41, 5.74) is 0. The summed E-state index contributed by atoms with van der Waals surface area (Å²) < 4.78 is 23.8. The summed E-state index contributed by atoms with van der Waals surface area (Å²) in [5.74, 6) is 0. The zero-order valence-corrected chi connectivity index (χ0v) is 13.9. The third-order valence-corrected chi connectivity index (χ3v) is 6.55. The van der Waals surface area contributed by atoms with Crippen molar-refractivity contribution in [1.82, 2.24) is 9.55 Å². The van der Waals surface area contributed by atoms with E-state index < -0.39 is 26.7 Å². The molecule has 0 atom stereocenters. The number of imidazole rings is 1. The number of aromatic nitrogens is 2. The minimum atomic E-state index is -5.34. The molecule has 9 nitrogen and oxygen atoms in total. The molecular formula is C8H16N2O7P2Tc. The van der Waals surface area contributed by atoms with Gasteiger partial charge in [0.1, 0.15) is 0 Å². The number of hydrogen-bond acceptors (Lipinski definition) is 4. The van der Waals surface area contributed by atoms with E-state index in [1.165, 1.54) is 6.33 Å². The third kappa shape index (κ3) is 4.84. The van der Waals surface area contributed by atoms with Crippen LogP contribution in [0.1, 0.15) is 19.3 Å². The predicted octanol–water partition coefficient (Wildman–Crippen LogP) is 0.0524. The zero-order valence-electron chi connectivity index (χ0n) is 10.3. The molecule has 1 radical (unpaired) electrons. The minimum Gasteiger partial charge on any atom is -0.368 e. The van der Waals surface area contributed by atoms with Crippen LogP contribution in [0.25, 0.3) is 0 Å². The van der Waals surface area contributed by atoms with Gasteiger partial charge in [-0.15, -0.1) is 0 Å². The van der Waals surface area contributed by atoms with Crippen molar-refractivity contribution in [3.63, 3.8) is 0 Å². The van der Waals surface area contributed by atoms with Gasteiger partial charge < -0.3 is 29.2 Å². The molecule has 5 N–H and O–H groups in total. The van der Waals surface area contributed by atoms with E-state index in [0.717, 1.165) is 0 Å². The summed E-state index contributed by atoms with van der Waals surface area (Å²) in [7, 11) is -10.7. The maximum atomic E-state index is 11.1. The molecule has 12 heteroatoms. The molecule has 1 heterocycles. The number of hydrogen-bond donors (Lipinski definition) is 5. The van der Waals surface area contributed by atoms with Crippen molar-refractivity contribution < 1.29 is 53.9 Å². The fourth-order valence-electron chi connectivity index (χ4n) is 1.54. The number of aliphatic hydroxyl groups is 1. The molecule has 1 aromatic rings. The molecule has 117 valence electrons. The van der Waals surface area contributed by atoms with Crippen molar-refractivity contribution in [2.45, 2.75) is 30.9 Å². The Labute approximate surface area is 128 Å². The molecule has 0 spiro atoms. The molecule has 0 saturated heterocycles. The molecule has 0 unspecified atom stereocenters. The smallest absolute Gasteiger partial charge is 0.368 e. The molecule has 0 aliphatic heterocycles. The molecule has 0 saturated carbocycles. The Morgan fingerprint density at radius 3 is 2.05 bits per heavy atom. The molecule has 0 fully saturated rings.